The second kappa shape index (κ2) is 9.54. The zero-order valence-corrected chi connectivity index (χ0v) is 17.4. The molecule has 0 saturated carbocycles. The molecule has 0 aliphatic rings. The number of para-hydroxylation sites is 1. The topological polar surface area (TPSA) is 66.5 Å². The Morgan fingerprint density at radius 2 is 1.57 bits per heavy atom. The van der Waals surface area contributed by atoms with Gasteiger partial charge >= 0.3 is 0 Å². The van der Waals surface area contributed by atoms with Crippen LogP contribution < -0.4 is 9.62 Å². The second-order valence-electron chi connectivity index (χ2n) is 6.84. The van der Waals surface area contributed by atoms with Crippen molar-refractivity contribution < 1.29 is 17.6 Å². The molecule has 0 fully saturated rings. The van der Waals surface area contributed by atoms with Crippen LogP contribution in [0.2, 0.25) is 0 Å². The number of benzene rings is 3. The monoisotopic (exact) mass is 426 g/mol. The van der Waals surface area contributed by atoms with E-state index >= 15 is 0 Å². The first kappa shape index (κ1) is 21.5. The minimum atomic E-state index is -3.92. The van der Waals surface area contributed by atoms with Gasteiger partial charge in [0.1, 0.15) is 12.4 Å². The number of aryl methyl sites for hydroxylation is 1. The molecule has 0 atom stereocenters. The second-order valence-corrected chi connectivity index (χ2v) is 8.70. The number of carbonyl (C=O) groups excluding carboxylic acids is 1. The molecule has 156 valence electrons. The number of hydrogen-bond donors (Lipinski definition) is 1. The molecule has 0 unspecified atom stereocenters. The molecule has 1 N–H and O–H groups in total. The minimum Gasteiger partial charge on any atom is -0.354 e. The molecule has 0 saturated heterocycles. The van der Waals surface area contributed by atoms with E-state index in [9.17, 15) is 17.6 Å². The molecule has 30 heavy (non-hydrogen) atoms. The zero-order chi connectivity index (χ0) is 21.6. The van der Waals surface area contributed by atoms with E-state index in [1.54, 1.807) is 55.5 Å². The number of amides is 1. The van der Waals surface area contributed by atoms with E-state index in [0.717, 1.165) is 15.4 Å². The first-order chi connectivity index (χ1) is 14.4. The average molecular weight is 427 g/mol. The lowest BCUT2D eigenvalue weighted by Gasteiger charge is -2.25. The Hall–Kier alpha value is -3.19. The van der Waals surface area contributed by atoms with E-state index in [0.29, 0.717) is 18.7 Å². The summed E-state index contributed by atoms with van der Waals surface area (Å²) >= 11 is 0. The molecule has 0 heterocycles. The molecular weight excluding hydrogens is 403 g/mol. The summed E-state index contributed by atoms with van der Waals surface area (Å²) in [7, 11) is -3.92. The van der Waals surface area contributed by atoms with Crippen molar-refractivity contribution in [2.24, 2.45) is 0 Å². The highest BCUT2D eigenvalue weighted by Crippen LogP contribution is 2.26. The van der Waals surface area contributed by atoms with Crippen LogP contribution in [-0.4, -0.2) is 27.4 Å². The van der Waals surface area contributed by atoms with Gasteiger partial charge in [0.25, 0.3) is 10.0 Å². The van der Waals surface area contributed by atoms with E-state index in [2.05, 4.69) is 5.32 Å². The third-order valence-electron chi connectivity index (χ3n) is 4.65. The number of nitrogens with zero attached hydrogens (tertiary/aromatic N) is 1. The lowest BCUT2D eigenvalue weighted by molar-refractivity contribution is -0.119. The van der Waals surface area contributed by atoms with Crippen LogP contribution >= 0.6 is 0 Å². The van der Waals surface area contributed by atoms with Crippen LogP contribution in [-0.2, 0) is 21.2 Å². The maximum absolute atomic E-state index is 13.3. The minimum absolute atomic E-state index is 0.118. The lowest BCUT2D eigenvalue weighted by atomic mass is 10.1. The van der Waals surface area contributed by atoms with Gasteiger partial charge in [0.15, 0.2) is 0 Å². The zero-order valence-electron chi connectivity index (χ0n) is 16.6. The van der Waals surface area contributed by atoms with Crippen LogP contribution in [0.4, 0.5) is 10.1 Å². The quantitative estimate of drug-likeness (QED) is 0.597. The van der Waals surface area contributed by atoms with Crippen molar-refractivity contribution >= 4 is 21.6 Å². The number of sulfonamides is 1. The summed E-state index contributed by atoms with van der Waals surface area (Å²) in [5, 5.41) is 2.75. The van der Waals surface area contributed by atoms with Gasteiger partial charge in [-0.1, -0.05) is 48.5 Å². The molecule has 3 rings (SSSR count). The molecule has 0 spiro atoms. The van der Waals surface area contributed by atoms with Crippen LogP contribution in [0.15, 0.2) is 83.8 Å². The summed E-state index contributed by atoms with van der Waals surface area (Å²) in [6.45, 7) is 1.78. The van der Waals surface area contributed by atoms with Crippen molar-refractivity contribution in [2.75, 3.05) is 17.4 Å². The summed E-state index contributed by atoms with van der Waals surface area (Å²) in [6, 6.07) is 21.1. The summed E-state index contributed by atoms with van der Waals surface area (Å²) in [5.41, 5.74) is 2.08. The molecular formula is C23H23FN2O3S. The average Bonchev–Trinajstić information content (AvgIpc) is 2.75. The number of halogens is 1. The molecule has 0 aromatic heterocycles. The molecule has 0 aliphatic carbocycles. The van der Waals surface area contributed by atoms with Gasteiger partial charge in [-0.2, -0.15) is 0 Å². The predicted octanol–water partition coefficient (Wildman–Crippen LogP) is 3.69. The van der Waals surface area contributed by atoms with Crippen molar-refractivity contribution in [3.63, 3.8) is 0 Å². The Balaban J connectivity index is 1.76. The number of nitrogens with one attached hydrogen (secondary N) is 1. The van der Waals surface area contributed by atoms with Crippen LogP contribution in [0.5, 0.6) is 0 Å². The summed E-state index contributed by atoms with van der Waals surface area (Å²) in [5.74, 6) is -0.734. The van der Waals surface area contributed by atoms with Crippen LogP contribution in [0.3, 0.4) is 0 Å². The van der Waals surface area contributed by atoms with E-state index in [4.69, 9.17) is 0 Å². The van der Waals surface area contributed by atoms with Crippen molar-refractivity contribution in [1.82, 2.24) is 5.32 Å². The van der Waals surface area contributed by atoms with E-state index < -0.39 is 15.9 Å². The van der Waals surface area contributed by atoms with Crippen LogP contribution in [0.1, 0.15) is 11.1 Å². The standard InChI is InChI=1S/C23H23FN2O3S/c1-18-7-5-6-10-22(18)26(30(28,29)21-8-3-2-4-9-21)17-23(27)25-16-15-19-11-13-20(24)14-12-19/h2-14H,15-17H2,1H3,(H,25,27). The van der Waals surface area contributed by atoms with Gasteiger partial charge in [-0.3, -0.25) is 9.10 Å². The Morgan fingerprint density at radius 3 is 2.23 bits per heavy atom. The molecule has 3 aromatic carbocycles. The number of anilines is 1. The Labute approximate surface area is 176 Å². The maximum Gasteiger partial charge on any atom is 0.264 e. The molecule has 0 aliphatic heterocycles. The first-order valence-corrected chi connectivity index (χ1v) is 11.0. The number of carbonyl (C=O) groups is 1. The largest absolute Gasteiger partial charge is 0.354 e. The highest BCUT2D eigenvalue weighted by molar-refractivity contribution is 7.92. The predicted molar refractivity (Wildman–Crippen MR) is 115 cm³/mol. The summed E-state index contributed by atoms with van der Waals surface area (Å²) in [6.07, 6.45) is 0.516. The normalized spacial score (nSPS) is 11.1. The van der Waals surface area contributed by atoms with E-state index in [-0.39, 0.29) is 17.3 Å². The molecule has 1 amide bonds. The number of rotatable bonds is 8. The van der Waals surface area contributed by atoms with Gasteiger partial charge in [0, 0.05) is 6.54 Å². The van der Waals surface area contributed by atoms with Crippen LogP contribution in [0, 0.1) is 12.7 Å². The highest BCUT2D eigenvalue weighted by atomic mass is 32.2. The molecule has 5 nitrogen and oxygen atoms in total. The fraction of sp³-hybridized carbons (Fsp3) is 0.174. The van der Waals surface area contributed by atoms with Crippen molar-refractivity contribution in [1.29, 1.82) is 0 Å². The van der Waals surface area contributed by atoms with Gasteiger partial charge in [0.05, 0.1) is 10.6 Å². The molecule has 3 aromatic rings. The molecule has 0 bridgehead atoms. The fourth-order valence-corrected chi connectivity index (χ4v) is 4.55. The Morgan fingerprint density at radius 1 is 0.933 bits per heavy atom. The van der Waals surface area contributed by atoms with Crippen molar-refractivity contribution in [3.8, 4) is 0 Å². The van der Waals surface area contributed by atoms with Crippen molar-refractivity contribution in [2.45, 2.75) is 18.2 Å². The Kier molecular flexibility index (Phi) is 6.84. The fourth-order valence-electron chi connectivity index (χ4n) is 3.05. The first-order valence-electron chi connectivity index (χ1n) is 9.52. The van der Waals surface area contributed by atoms with Gasteiger partial charge in [0.2, 0.25) is 5.91 Å². The highest BCUT2D eigenvalue weighted by Gasteiger charge is 2.27. The Bertz CT molecular complexity index is 1100. The van der Waals surface area contributed by atoms with Gasteiger partial charge < -0.3 is 5.32 Å². The third-order valence-corrected chi connectivity index (χ3v) is 6.43. The molecule has 0 radical (unpaired) electrons. The van der Waals surface area contributed by atoms with Gasteiger partial charge in [-0.25, -0.2) is 12.8 Å². The van der Waals surface area contributed by atoms with E-state index in [1.807, 2.05) is 6.07 Å². The third kappa shape index (κ3) is 5.24. The van der Waals surface area contributed by atoms with Gasteiger partial charge in [-0.15, -0.1) is 0 Å². The summed E-state index contributed by atoms with van der Waals surface area (Å²) in [4.78, 5) is 12.7. The lowest BCUT2D eigenvalue weighted by Crippen LogP contribution is -2.41. The molecule has 7 heteroatoms. The van der Waals surface area contributed by atoms with Crippen LogP contribution in [0.25, 0.3) is 0 Å². The van der Waals surface area contributed by atoms with Gasteiger partial charge in [-0.05, 0) is 54.8 Å². The SMILES string of the molecule is Cc1ccccc1N(CC(=O)NCCc1ccc(F)cc1)S(=O)(=O)c1ccccc1. The van der Waals surface area contributed by atoms with Crippen molar-refractivity contribution in [3.05, 3.63) is 95.8 Å². The number of hydrogen-bond acceptors (Lipinski definition) is 3. The summed E-state index contributed by atoms with van der Waals surface area (Å²) < 4.78 is 40.6. The van der Waals surface area contributed by atoms with E-state index in [1.165, 1.54) is 24.3 Å². The smallest absolute Gasteiger partial charge is 0.264 e. The maximum atomic E-state index is 13.3.